The number of methoxy groups -OCH3 is 2. The largest absolute Gasteiger partial charge is 0.497 e. The fraction of sp³-hybridized carbons (Fsp3) is 0.207. The summed E-state index contributed by atoms with van der Waals surface area (Å²) in [6.45, 7) is 3.71. The fourth-order valence-electron chi connectivity index (χ4n) is 4.66. The molecule has 0 radical (unpaired) electrons. The van der Waals surface area contributed by atoms with Crippen molar-refractivity contribution >= 4 is 50.1 Å². The van der Waals surface area contributed by atoms with Crippen LogP contribution in [0.2, 0.25) is 0 Å². The first-order chi connectivity index (χ1) is 18.4. The standard InChI is InChI=1S/C29H25BrN2O5S/c1-5-37-28(34)24-16(2)31-29-32(27(33)23(38-29)14-17-6-10-19(30)11-7-17)26(24)25-21-15-20(35-3)12-8-18(21)9-13-22(25)36-4/h6-15,26H,5H2,1-4H3. The van der Waals surface area contributed by atoms with E-state index in [1.807, 2.05) is 60.7 Å². The molecule has 38 heavy (non-hydrogen) atoms. The van der Waals surface area contributed by atoms with E-state index in [4.69, 9.17) is 14.2 Å². The maximum Gasteiger partial charge on any atom is 0.338 e. The molecular formula is C29H25BrN2O5S. The second-order valence-electron chi connectivity index (χ2n) is 8.62. The molecule has 0 fully saturated rings. The highest BCUT2D eigenvalue weighted by Gasteiger charge is 2.36. The smallest absolute Gasteiger partial charge is 0.338 e. The van der Waals surface area contributed by atoms with Crippen LogP contribution in [0.4, 0.5) is 0 Å². The minimum absolute atomic E-state index is 0.191. The van der Waals surface area contributed by atoms with Gasteiger partial charge in [0.25, 0.3) is 5.56 Å². The van der Waals surface area contributed by atoms with Gasteiger partial charge in [-0.1, -0.05) is 51.5 Å². The van der Waals surface area contributed by atoms with Crippen LogP contribution in [0.25, 0.3) is 16.8 Å². The number of thiazole rings is 1. The molecule has 0 N–H and O–H groups in total. The Morgan fingerprint density at radius 3 is 2.53 bits per heavy atom. The molecule has 0 amide bonds. The minimum Gasteiger partial charge on any atom is -0.497 e. The molecule has 1 unspecified atom stereocenters. The van der Waals surface area contributed by atoms with Crippen molar-refractivity contribution in [3.8, 4) is 11.5 Å². The Bertz CT molecular complexity index is 1760. The van der Waals surface area contributed by atoms with Gasteiger partial charge in [-0.15, -0.1) is 0 Å². The first-order valence-corrected chi connectivity index (χ1v) is 13.6. The monoisotopic (exact) mass is 592 g/mol. The Morgan fingerprint density at radius 2 is 1.84 bits per heavy atom. The Kier molecular flexibility index (Phi) is 7.23. The topological polar surface area (TPSA) is 79.1 Å². The quantitative estimate of drug-likeness (QED) is 0.302. The van der Waals surface area contributed by atoms with Crippen LogP contribution in [0.15, 0.2) is 80.1 Å². The first kappa shape index (κ1) is 25.9. The number of hydrogen-bond donors (Lipinski definition) is 0. The molecular weight excluding hydrogens is 568 g/mol. The van der Waals surface area contributed by atoms with Crippen LogP contribution >= 0.6 is 27.3 Å². The summed E-state index contributed by atoms with van der Waals surface area (Å²) in [5.74, 6) is 0.658. The molecule has 0 saturated heterocycles. The number of nitrogens with zero attached hydrogens (tertiary/aromatic N) is 2. The van der Waals surface area contributed by atoms with Gasteiger partial charge in [0.2, 0.25) is 0 Å². The Hall–Kier alpha value is -3.69. The molecule has 1 aromatic heterocycles. The van der Waals surface area contributed by atoms with Gasteiger partial charge in [0.1, 0.15) is 17.5 Å². The van der Waals surface area contributed by atoms with Gasteiger partial charge in [-0.05, 0) is 66.6 Å². The van der Waals surface area contributed by atoms with Crippen LogP contribution in [0.1, 0.15) is 31.0 Å². The number of aromatic nitrogens is 1. The summed E-state index contributed by atoms with van der Waals surface area (Å²) in [4.78, 5) is 32.5. The van der Waals surface area contributed by atoms with Crippen molar-refractivity contribution in [2.24, 2.45) is 4.99 Å². The molecule has 9 heteroatoms. The van der Waals surface area contributed by atoms with Crippen molar-refractivity contribution in [1.82, 2.24) is 4.57 Å². The van der Waals surface area contributed by atoms with Gasteiger partial charge in [0, 0.05) is 10.0 Å². The van der Waals surface area contributed by atoms with Crippen LogP contribution in [-0.2, 0) is 9.53 Å². The van der Waals surface area contributed by atoms with Gasteiger partial charge >= 0.3 is 5.97 Å². The first-order valence-electron chi connectivity index (χ1n) is 12.0. The van der Waals surface area contributed by atoms with E-state index in [9.17, 15) is 9.59 Å². The van der Waals surface area contributed by atoms with E-state index in [0.717, 1.165) is 20.8 Å². The van der Waals surface area contributed by atoms with Gasteiger partial charge in [0.15, 0.2) is 4.80 Å². The van der Waals surface area contributed by atoms with E-state index < -0.39 is 12.0 Å². The molecule has 0 aliphatic carbocycles. The molecule has 194 valence electrons. The van der Waals surface area contributed by atoms with Crippen LogP contribution in [0.5, 0.6) is 11.5 Å². The third-order valence-corrected chi connectivity index (χ3v) is 7.92. The summed E-state index contributed by atoms with van der Waals surface area (Å²) < 4.78 is 19.8. The number of fused-ring (bicyclic) bond motifs is 2. The molecule has 1 aliphatic rings. The summed E-state index contributed by atoms with van der Waals surface area (Å²) in [5.41, 5.74) is 2.08. The van der Waals surface area contributed by atoms with Crippen LogP contribution < -0.4 is 24.4 Å². The maximum atomic E-state index is 14.0. The molecule has 3 aromatic carbocycles. The normalized spacial score (nSPS) is 15.3. The minimum atomic E-state index is -0.817. The zero-order valence-corrected chi connectivity index (χ0v) is 23.7. The van der Waals surface area contributed by atoms with Gasteiger partial charge in [0.05, 0.1) is 36.6 Å². The highest BCUT2D eigenvalue weighted by Crippen LogP contribution is 2.41. The highest BCUT2D eigenvalue weighted by atomic mass is 79.9. The molecule has 0 saturated carbocycles. The van der Waals surface area contributed by atoms with E-state index in [1.54, 1.807) is 32.6 Å². The number of esters is 1. The van der Waals surface area contributed by atoms with Gasteiger partial charge in [-0.25, -0.2) is 9.79 Å². The number of benzene rings is 3. The highest BCUT2D eigenvalue weighted by molar-refractivity contribution is 9.10. The van der Waals surface area contributed by atoms with Crippen molar-refractivity contribution in [3.05, 3.63) is 101 Å². The molecule has 7 nitrogen and oxygen atoms in total. The predicted octanol–water partition coefficient (Wildman–Crippen LogP) is 4.73. The summed E-state index contributed by atoms with van der Waals surface area (Å²) in [6.07, 6.45) is 1.83. The third-order valence-electron chi connectivity index (χ3n) is 6.41. The lowest BCUT2D eigenvalue weighted by atomic mass is 9.90. The number of allylic oxidation sites excluding steroid dienone is 1. The zero-order valence-electron chi connectivity index (χ0n) is 21.3. The lowest BCUT2D eigenvalue weighted by molar-refractivity contribution is -0.139. The van der Waals surface area contributed by atoms with Crippen molar-refractivity contribution in [1.29, 1.82) is 0 Å². The van der Waals surface area contributed by atoms with E-state index >= 15 is 0 Å². The van der Waals surface area contributed by atoms with Crippen LogP contribution in [0, 0.1) is 0 Å². The van der Waals surface area contributed by atoms with Crippen LogP contribution in [0.3, 0.4) is 0 Å². The summed E-state index contributed by atoms with van der Waals surface area (Å²) in [6, 6.07) is 16.4. The predicted molar refractivity (Wildman–Crippen MR) is 152 cm³/mol. The summed E-state index contributed by atoms with van der Waals surface area (Å²) in [5, 5.41) is 1.71. The SMILES string of the molecule is CCOC(=O)C1=C(C)N=c2sc(=Cc3ccc(Br)cc3)c(=O)n2C1c1c(OC)ccc2ccc(OC)cc12. The maximum absolute atomic E-state index is 14.0. The second-order valence-corrected chi connectivity index (χ2v) is 10.5. The second kappa shape index (κ2) is 10.6. The van der Waals surface area contributed by atoms with Gasteiger partial charge in [-0.2, -0.15) is 0 Å². The van der Waals surface area contributed by atoms with E-state index in [-0.39, 0.29) is 12.2 Å². The number of halogens is 1. The van der Waals surface area contributed by atoms with Gasteiger partial charge in [-0.3, -0.25) is 9.36 Å². The molecule has 1 aliphatic heterocycles. The summed E-state index contributed by atoms with van der Waals surface area (Å²) in [7, 11) is 3.17. The number of carbonyl (C=O) groups is 1. The lowest BCUT2D eigenvalue weighted by Gasteiger charge is -2.27. The Morgan fingerprint density at radius 1 is 1.11 bits per heavy atom. The molecule has 1 atom stereocenters. The lowest BCUT2D eigenvalue weighted by Crippen LogP contribution is -2.40. The number of hydrogen-bond acceptors (Lipinski definition) is 7. The average Bonchev–Trinajstić information content (AvgIpc) is 3.22. The van der Waals surface area contributed by atoms with Crippen molar-refractivity contribution in [2.45, 2.75) is 19.9 Å². The van der Waals surface area contributed by atoms with Gasteiger partial charge < -0.3 is 14.2 Å². The molecule has 4 aromatic rings. The third kappa shape index (κ3) is 4.56. The summed E-state index contributed by atoms with van der Waals surface area (Å²) >= 11 is 4.73. The van der Waals surface area contributed by atoms with Crippen molar-refractivity contribution in [2.75, 3.05) is 20.8 Å². The molecule has 0 bridgehead atoms. The van der Waals surface area contributed by atoms with E-state index in [1.165, 1.54) is 11.3 Å². The van der Waals surface area contributed by atoms with Crippen molar-refractivity contribution in [3.63, 3.8) is 0 Å². The average molecular weight is 593 g/mol. The van der Waals surface area contributed by atoms with E-state index in [2.05, 4.69) is 20.9 Å². The number of carbonyl (C=O) groups excluding carboxylic acids is 1. The Balaban J connectivity index is 1.86. The number of rotatable bonds is 6. The van der Waals surface area contributed by atoms with Crippen molar-refractivity contribution < 1.29 is 19.0 Å². The number of ether oxygens (including phenoxy) is 3. The van der Waals surface area contributed by atoms with Crippen LogP contribution in [-0.4, -0.2) is 31.4 Å². The molecule has 5 rings (SSSR count). The molecule has 2 heterocycles. The Labute approximate surface area is 231 Å². The fourth-order valence-corrected chi connectivity index (χ4v) is 5.97. The van der Waals surface area contributed by atoms with E-state index in [0.29, 0.717) is 37.7 Å². The zero-order chi connectivity index (χ0) is 27.0. The molecule has 0 spiro atoms.